The van der Waals surface area contributed by atoms with E-state index >= 15 is 0 Å². The Morgan fingerprint density at radius 1 is 1.15 bits per heavy atom. The molecular weight excluding hydrogens is 344 g/mol. The van der Waals surface area contributed by atoms with Crippen molar-refractivity contribution >= 4 is 17.6 Å². The van der Waals surface area contributed by atoms with Gasteiger partial charge < -0.3 is 19.6 Å². The maximum Gasteiger partial charge on any atom is 0.311 e. The number of morpholine rings is 1. The zero-order valence-electron chi connectivity index (χ0n) is 15.7. The highest BCUT2D eigenvalue weighted by Gasteiger charge is 2.47. The number of carbonyl (C=O) groups is 2. The van der Waals surface area contributed by atoms with Gasteiger partial charge in [-0.15, -0.1) is 0 Å². The first kappa shape index (κ1) is 18.3. The van der Waals surface area contributed by atoms with E-state index in [-0.39, 0.29) is 5.91 Å². The predicted octanol–water partition coefficient (Wildman–Crippen LogP) is 2.63. The number of aliphatic carboxylic acids is 1. The number of anilines is 1. The first-order chi connectivity index (χ1) is 13.1. The average molecular weight is 372 g/mol. The minimum atomic E-state index is -0.775. The summed E-state index contributed by atoms with van der Waals surface area (Å²) >= 11 is 0. The molecule has 3 fully saturated rings. The number of rotatable bonds is 5. The summed E-state index contributed by atoms with van der Waals surface area (Å²) in [6.07, 6.45) is 4.39. The summed E-state index contributed by atoms with van der Waals surface area (Å²) in [5.41, 5.74) is 0.828. The molecule has 1 unspecified atom stereocenters. The van der Waals surface area contributed by atoms with Gasteiger partial charge in [0, 0.05) is 31.9 Å². The zero-order valence-corrected chi connectivity index (χ0v) is 15.7. The van der Waals surface area contributed by atoms with E-state index < -0.39 is 11.4 Å². The van der Waals surface area contributed by atoms with Crippen molar-refractivity contribution in [3.05, 3.63) is 29.8 Å². The summed E-state index contributed by atoms with van der Waals surface area (Å²) < 4.78 is 5.43. The highest BCUT2D eigenvalue weighted by atomic mass is 16.5. The fourth-order valence-corrected chi connectivity index (χ4v) is 4.51. The number of ether oxygens (including phenoxy) is 1. The standard InChI is InChI=1S/C21H28N2O4/c24-19(17-4-1-2-5-18(17)22-10-12-27-13-11-22)23-9-3-8-21(15-23,20(25)26)14-16-6-7-16/h1-2,4-5,16H,3,6-15H2,(H,25,26). The molecule has 1 atom stereocenters. The van der Waals surface area contributed by atoms with Crippen molar-refractivity contribution in [2.45, 2.75) is 32.1 Å². The third-order valence-corrected chi connectivity index (χ3v) is 6.18. The number of benzene rings is 1. The van der Waals surface area contributed by atoms with Crippen LogP contribution in [0.25, 0.3) is 0 Å². The van der Waals surface area contributed by atoms with E-state index in [1.54, 1.807) is 4.90 Å². The van der Waals surface area contributed by atoms with Crippen LogP contribution in [0.2, 0.25) is 0 Å². The molecular formula is C21H28N2O4. The summed E-state index contributed by atoms with van der Waals surface area (Å²) in [6, 6.07) is 7.68. The number of carbonyl (C=O) groups excluding carboxylic acids is 1. The van der Waals surface area contributed by atoms with Crippen molar-refractivity contribution in [1.29, 1.82) is 0 Å². The topological polar surface area (TPSA) is 70.1 Å². The highest BCUT2D eigenvalue weighted by Crippen LogP contribution is 2.45. The lowest BCUT2D eigenvalue weighted by Crippen LogP contribution is -2.50. The van der Waals surface area contributed by atoms with Crippen molar-refractivity contribution in [3.8, 4) is 0 Å². The molecule has 6 heteroatoms. The van der Waals surface area contributed by atoms with E-state index in [9.17, 15) is 14.7 Å². The van der Waals surface area contributed by atoms with E-state index in [4.69, 9.17) is 4.74 Å². The number of carboxylic acid groups (broad SMARTS) is 1. The van der Waals surface area contributed by atoms with Gasteiger partial charge >= 0.3 is 5.97 Å². The van der Waals surface area contributed by atoms with E-state index in [2.05, 4.69) is 4.90 Å². The van der Waals surface area contributed by atoms with Crippen molar-refractivity contribution in [2.24, 2.45) is 11.3 Å². The third-order valence-electron chi connectivity index (χ3n) is 6.18. The molecule has 3 aliphatic rings. The van der Waals surface area contributed by atoms with Crippen LogP contribution in [0.4, 0.5) is 5.69 Å². The van der Waals surface area contributed by atoms with Gasteiger partial charge in [-0.05, 0) is 37.3 Å². The maximum atomic E-state index is 13.4. The van der Waals surface area contributed by atoms with Crippen LogP contribution in [0, 0.1) is 11.3 Å². The highest BCUT2D eigenvalue weighted by molar-refractivity contribution is 6.00. The minimum Gasteiger partial charge on any atom is -0.481 e. The van der Waals surface area contributed by atoms with Gasteiger partial charge in [-0.2, -0.15) is 0 Å². The number of likely N-dealkylation sites (tertiary alicyclic amines) is 1. The summed E-state index contributed by atoms with van der Waals surface area (Å²) in [5.74, 6) is -0.261. The van der Waals surface area contributed by atoms with Gasteiger partial charge in [-0.3, -0.25) is 9.59 Å². The number of piperidine rings is 1. The Morgan fingerprint density at radius 3 is 2.59 bits per heavy atom. The number of nitrogens with zero attached hydrogens (tertiary/aromatic N) is 2. The number of hydrogen-bond donors (Lipinski definition) is 1. The van der Waals surface area contributed by atoms with Crippen LogP contribution in [-0.2, 0) is 9.53 Å². The molecule has 1 saturated carbocycles. The molecule has 0 radical (unpaired) electrons. The van der Waals surface area contributed by atoms with Crippen molar-refractivity contribution in [1.82, 2.24) is 4.90 Å². The monoisotopic (exact) mass is 372 g/mol. The third kappa shape index (κ3) is 3.81. The first-order valence-corrected chi connectivity index (χ1v) is 10.0. The number of para-hydroxylation sites is 1. The van der Waals surface area contributed by atoms with Gasteiger partial charge in [0.2, 0.25) is 0 Å². The molecule has 0 bridgehead atoms. The number of amides is 1. The molecule has 1 amide bonds. The van der Waals surface area contributed by atoms with Crippen molar-refractivity contribution in [2.75, 3.05) is 44.3 Å². The molecule has 2 heterocycles. The van der Waals surface area contributed by atoms with Gasteiger partial charge in [-0.1, -0.05) is 25.0 Å². The molecule has 27 heavy (non-hydrogen) atoms. The second-order valence-electron chi connectivity index (χ2n) is 8.18. The molecule has 0 aromatic heterocycles. The smallest absolute Gasteiger partial charge is 0.311 e. The number of carboxylic acids is 1. The van der Waals surface area contributed by atoms with Crippen LogP contribution < -0.4 is 4.90 Å². The maximum absolute atomic E-state index is 13.4. The molecule has 4 rings (SSSR count). The number of hydrogen-bond acceptors (Lipinski definition) is 4. The van der Waals surface area contributed by atoms with E-state index in [1.807, 2.05) is 24.3 Å². The van der Waals surface area contributed by atoms with E-state index in [0.29, 0.717) is 50.6 Å². The average Bonchev–Trinajstić information content (AvgIpc) is 3.52. The normalized spacial score (nSPS) is 26.1. The Labute approximate surface area is 160 Å². The predicted molar refractivity (Wildman–Crippen MR) is 102 cm³/mol. The molecule has 146 valence electrons. The lowest BCUT2D eigenvalue weighted by molar-refractivity contribution is -0.152. The fourth-order valence-electron chi connectivity index (χ4n) is 4.51. The van der Waals surface area contributed by atoms with Crippen LogP contribution in [0.1, 0.15) is 42.5 Å². The van der Waals surface area contributed by atoms with Crippen molar-refractivity contribution < 1.29 is 19.4 Å². The summed E-state index contributed by atoms with van der Waals surface area (Å²) in [7, 11) is 0. The van der Waals surface area contributed by atoms with Crippen LogP contribution in [0.15, 0.2) is 24.3 Å². The molecule has 2 saturated heterocycles. The van der Waals surface area contributed by atoms with E-state index in [0.717, 1.165) is 38.0 Å². The Morgan fingerprint density at radius 2 is 1.89 bits per heavy atom. The minimum absolute atomic E-state index is 0.0433. The summed E-state index contributed by atoms with van der Waals surface area (Å²) in [5, 5.41) is 9.93. The quantitative estimate of drug-likeness (QED) is 0.860. The van der Waals surface area contributed by atoms with Crippen LogP contribution in [-0.4, -0.2) is 61.3 Å². The molecule has 1 aromatic carbocycles. The van der Waals surface area contributed by atoms with Gasteiger partial charge in [0.1, 0.15) is 0 Å². The van der Waals surface area contributed by atoms with Gasteiger partial charge in [0.25, 0.3) is 5.91 Å². The van der Waals surface area contributed by atoms with Gasteiger partial charge in [-0.25, -0.2) is 0 Å². The fraction of sp³-hybridized carbons (Fsp3) is 0.619. The molecule has 1 N–H and O–H groups in total. The van der Waals surface area contributed by atoms with Crippen molar-refractivity contribution in [3.63, 3.8) is 0 Å². The Hall–Kier alpha value is -2.08. The SMILES string of the molecule is O=C(c1ccccc1N1CCOCC1)N1CCCC(CC2CC2)(C(=O)O)C1. The second-order valence-corrected chi connectivity index (χ2v) is 8.18. The first-order valence-electron chi connectivity index (χ1n) is 10.0. The molecule has 0 spiro atoms. The summed E-state index contributed by atoms with van der Waals surface area (Å²) in [4.78, 5) is 29.4. The van der Waals surface area contributed by atoms with Crippen LogP contribution >= 0.6 is 0 Å². The van der Waals surface area contributed by atoms with Crippen LogP contribution in [0.5, 0.6) is 0 Å². The molecule has 1 aliphatic carbocycles. The van der Waals surface area contributed by atoms with Gasteiger partial charge in [0.15, 0.2) is 0 Å². The Kier molecular flexibility index (Phi) is 5.08. The second kappa shape index (κ2) is 7.50. The van der Waals surface area contributed by atoms with Gasteiger partial charge in [0.05, 0.1) is 24.2 Å². The zero-order chi connectivity index (χ0) is 18.9. The van der Waals surface area contributed by atoms with Crippen LogP contribution in [0.3, 0.4) is 0 Å². The largest absolute Gasteiger partial charge is 0.481 e. The Bertz CT molecular complexity index is 712. The Balaban J connectivity index is 1.56. The molecule has 1 aromatic rings. The summed E-state index contributed by atoms with van der Waals surface area (Å²) in [6.45, 7) is 3.83. The van der Waals surface area contributed by atoms with E-state index in [1.165, 1.54) is 0 Å². The molecule has 2 aliphatic heterocycles. The lowest BCUT2D eigenvalue weighted by atomic mass is 9.75. The lowest BCUT2D eigenvalue weighted by Gasteiger charge is -2.40. The molecule has 6 nitrogen and oxygen atoms in total.